The highest BCUT2D eigenvalue weighted by Crippen LogP contribution is 2.37. The van der Waals surface area contributed by atoms with Crippen molar-refractivity contribution in [1.82, 2.24) is 0 Å². The molecule has 0 aromatic heterocycles. The third kappa shape index (κ3) is 3.31. The van der Waals surface area contributed by atoms with Gasteiger partial charge < -0.3 is 10.5 Å². The fraction of sp³-hybridized carbons (Fsp3) is 0.938. The van der Waals surface area contributed by atoms with Crippen molar-refractivity contribution in [1.29, 1.82) is 0 Å². The molecule has 0 radical (unpaired) electrons. The van der Waals surface area contributed by atoms with E-state index in [1.54, 1.807) is 0 Å². The van der Waals surface area contributed by atoms with Crippen molar-refractivity contribution >= 4 is 5.97 Å². The fourth-order valence-electron chi connectivity index (χ4n) is 3.72. The third-order valence-corrected chi connectivity index (χ3v) is 5.12. The van der Waals surface area contributed by atoms with Gasteiger partial charge in [0.1, 0.15) is 11.6 Å². The van der Waals surface area contributed by atoms with E-state index in [9.17, 15) is 4.79 Å². The molecule has 2 aliphatic rings. The monoisotopic (exact) mass is 267 g/mol. The first-order chi connectivity index (χ1) is 8.92. The summed E-state index contributed by atoms with van der Waals surface area (Å²) < 4.78 is 5.86. The van der Waals surface area contributed by atoms with E-state index in [1.807, 2.05) is 0 Å². The summed E-state index contributed by atoms with van der Waals surface area (Å²) in [5.74, 6) is 1.59. The minimum absolute atomic E-state index is 0.0808. The van der Waals surface area contributed by atoms with Crippen LogP contribution >= 0.6 is 0 Å². The Morgan fingerprint density at radius 1 is 1.26 bits per heavy atom. The van der Waals surface area contributed by atoms with Gasteiger partial charge in [-0.25, -0.2) is 0 Å². The maximum absolute atomic E-state index is 12.4. The molecule has 0 aliphatic heterocycles. The number of esters is 1. The number of ether oxygens (including phenoxy) is 1. The summed E-state index contributed by atoms with van der Waals surface area (Å²) in [4.78, 5) is 12.4. The molecule has 0 bridgehead atoms. The second-order valence-corrected chi connectivity index (χ2v) is 7.13. The first kappa shape index (κ1) is 14.8. The van der Waals surface area contributed by atoms with Gasteiger partial charge in [0, 0.05) is 0 Å². The molecule has 3 atom stereocenters. The Morgan fingerprint density at radius 2 is 1.89 bits per heavy atom. The Morgan fingerprint density at radius 3 is 2.47 bits per heavy atom. The predicted octanol–water partition coefficient (Wildman–Crippen LogP) is 3.26. The molecule has 2 fully saturated rings. The van der Waals surface area contributed by atoms with Crippen molar-refractivity contribution in [3.05, 3.63) is 0 Å². The molecule has 2 rings (SSSR count). The van der Waals surface area contributed by atoms with Crippen LogP contribution in [0.3, 0.4) is 0 Å². The highest BCUT2D eigenvalue weighted by Gasteiger charge is 2.42. The third-order valence-electron chi connectivity index (χ3n) is 5.12. The maximum atomic E-state index is 12.4. The van der Waals surface area contributed by atoms with Gasteiger partial charge in [-0.15, -0.1) is 0 Å². The standard InChI is InChI=1S/C16H29NO2/c1-11(2)13-7-6-12(3)10-14(13)19-15(18)16(17)8-4-5-9-16/h11-14H,4-10,17H2,1-3H3. The van der Waals surface area contributed by atoms with Gasteiger partial charge >= 0.3 is 5.97 Å². The Kier molecular flexibility index (Phi) is 4.54. The highest BCUT2D eigenvalue weighted by molar-refractivity contribution is 5.81. The number of rotatable bonds is 3. The summed E-state index contributed by atoms with van der Waals surface area (Å²) in [7, 11) is 0. The maximum Gasteiger partial charge on any atom is 0.326 e. The molecule has 2 aliphatic carbocycles. The van der Waals surface area contributed by atoms with Crippen LogP contribution in [-0.2, 0) is 9.53 Å². The topological polar surface area (TPSA) is 52.3 Å². The van der Waals surface area contributed by atoms with E-state index in [4.69, 9.17) is 10.5 Å². The minimum Gasteiger partial charge on any atom is -0.461 e. The van der Waals surface area contributed by atoms with Crippen molar-refractivity contribution in [2.24, 2.45) is 23.5 Å². The molecule has 0 spiro atoms. The highest BCUT2D eigenvalue weighted by atomic mass is 16.5. The molecule has 3 nitrogen and oxygen atoms in total. The number of nitrogens with two attached hydrogens (primary N) is 1. The van der Waals surface area contributed by atoms with Crippen LogP contribution in [0.25, 0.3) is 0 Å². The normalized spacial score (nSPS) is 34.5. The summed E-state index contributed by atoms with van der Waals surface area (Å²) in [5, 5.41) is 0. The van der Waals surface area contributed by atoms with Crippen LogP contribution < -0.4 is 5.73 Å². The van der Waals surface area contributed by atoms with E-state index < -0.39 is 5.54 Å². The molecule has 0 aromatic rings. The molecule has 0 saturated heterocycles. The van der Waals surface area contributed by atoms with Crippen LogP contribution in [0.15, 0.2) is 0 Å². The van der Waals surface area contributed by atoms with Crippen LogP contribution in [0.5, 0.6) is 0 Å². The van der Waals surface area contributed by atoms with Crippen LogP contribution in [0, 0.1) is 17.8 Å². The summed E-state index contributed by atoms with van der Waals surface area (Å²) >= 11 is 0. The molecule has 2 N–H and O–H groups in total. The average molecular weight is 267 g/mol. The lowest BCUT2D eigenvalue weighted by Crippen LogP contribution is -2.49. The molecule has 0 heterocycles. The summed E-state index contributed by atoms with van der Waals surface area (Å²) in [6.45, 7) is 6.72. The van der Waals surface area contributed by atoms with E-state index in [2.05, 4.69) is 20.8 Å². The van der Waals surface area contributed by atoms with Gasteiger partial charge in [-0.05, 0) is 43.4 Å². The summed E-state index contributed by atoms with van der Waals surface area (Å²) in [5.41, 5.74) is 5.51. The quantitative estimate of drug-likeness (QED) is 0.798. The van der Waals surface area contributed by atoms with Gasteiger partial charge in [0.2, 0.25) is 0 Å². The van der Waals surface area contributed by atoms with Crippen LogP contribution in [0.2, 0.25) is 0 Å². The van der Waals surface area contributed by atoms with E-state index in [-0.39, 0.29) is 12.1 Å². The van der Waals surface area contributed by atoms with Crippen LogP contribution in [0.1, 0.15) is 65.7 Å². The summed E-state index contributed by atoms with van der Waals surface area (Å²) in [6, 6.07) is 0. The Bertz CT molecular complexity index is 321. The van der Waals surface area contributed by atoms with E-state index in [0.717, 1.165) is 32.1 Å². The molecule has 110 valence electrons. The smallest absolute Gasteiger partial charge is 0.326 e. The number of carbonyl (C=O) groups excluding carboxylic acids is 1. The number of hydrogen-bond acceptors (Lipinski definition) is 3. The van der Waals surface area contributed by atoms with Gasteiger partial charge in [-0.1, -0.05) is 40.0 Å². The second kappa shape index (κ2) is 5.82. The lowest BCUT2D eigenvalue weighted by molar-refractivity contribution is -0.162. The van der Waals surface area contributed by atoms with Gasteiger partial charge in [0.05, 0.1) is 0 Å². The predicted molar refractivity (Wildman–Crippen MR) is 76.6 cm³/mol. The first-order valence-corrected chi connectivity index (χ1v) is 7.92. The van der Waals surface area contributed by atoms with Gasteiger partial charge in [0.25, 0.3) is 0 Å². The Labute approximate surface area is 117 Å². The Balaban J connectivity index is 2.00. The van der Waals surface area contributed by atoms with Crippen molar-refractivity contribution in [2.45, 2.75) is 77.4 Å². The van der Waals surface area contributed by atoms with Crippen molar-refractivity contribution in [3.63, 3.8) is 0 Å². The summed E-state index contributed by atoms with van der Waals surface area (Å²) in [6.07, 6.45) is 7.21. The lowest BCUT2D eigenvalue weighted by Gasteiger charge is -2.38. The Hall–Kier alpha value is -0.570. The fourth-order valence-corrected chi connectivity index (χ4v) is 3.72. The van der Waals surface area contributed by atoms with E-state index in [0.29, 0.717) is 17.8 Å². The number of hydrogen-bond donors (Lipinski definition) is 1. The zero-order valence-corrected chi connectivity index (χ0v) is 12.7. The lowest BCUT2D eigenvalue weighted by atomic mass is 9.75. The second-order valence-electron chi connectivity index (χ2n) is 7.13. The first-order valence-electron chi connectivity index (χ1n) is 7.92. The van der Waals surface area contributed by atoms with Crippen molar-refractivity contribution < 1.29 is 9.53 Å². The van der Waals surface area contributed by atoms with Crippen molar-refractivity contribution in [2.75, 3.05) is 0 Å². The molecule has 3 unspecified atom stereocenters. The molecular formula is C16H29NO2. The molecule has 3 heteroatoms. The van der Waals surface area contributed by atoms with Crippen LogP contribution in [0.4, 0.5) is 0 Å². The van der Waals surface area contributed by atoms with Gasteiger partial charge in [-0.3, -0.25) is 4.79 Å². The van der Waals surface area contributed by atoms with Gasteiger partial charge in [0.15, 0.2) is 0 Å². The number of carbonyl (C=O) groups is 1. The van der Waals surface area contributed by atoms with E-state index >= 15 is 0 Å². The van der Waals surface area contributed by atoms with E-state index in [1.165, 1.54) is 12.8 Å². The zero-order valence-electron chi connectivity index (χ0n) is 12.7. The molecular weight excluding hydrogens is 238 g/mol. The largest absolute Gasteiger partial charge is 0.461 e. The molecule has 2 saturated carbocycles. The zero-order chi connectivity index (χ0) is 14.0. The van der Waals surface area contributed by atoms with Gasteiger partial charge in [-0.2, -0.15) is 0 Å². The van der Waals surface area contributed by atoms with Crippen LogP contribution in [-0.4, -0.2) is 17.6 Å². The average Bonchev–Trinajstić information content (AvgIpc) is 2.77. The SMILES string of the molecule is CC1CCC(C(C)C)C(OC(=O)C2(N)CCCC2)C1. The molecule has 0 amide bonds. The van der Waals surface area contributed by atoms with Crippen molar-refractivity contribution in [3.8, 4) is 0 Å². The molecule has 0 aromatic carbocycles. The minimum atomic E-state index is -0.692. The molecule has 19 heavy (non-hydrogen) atoms.